The Morgan fingerprint density at radius 2 is 1.70 bits per heavy atom. The fraction of sp³-hybridized carbons (Fsp3) is 0.261. The molecule has 0 fully saturated rings. The molecule has 1 aromatic heterocycles. The van der Waals surface area contributed by atoms with Crippen molar-refractivity contribution in [1.29, 1.82) is 0 Å². The number of nitrogens with two attached hydrogens (primary N) is 1. The molecule has 0 spiro atoms. The molecule has 142 valence electrons. The molecule has 0 aliphatic rings. The molecule has 2 N–H and O–H groups in total. The summed E-state index contributed by atoms with van der Waals surface area (Å²) in [5.74, 6) is 0.574. The maximum absolute atomic E-state index is 6.08. The maximum Gasteiger partial charge on any atom is 0.141 e. The zero-order valence-electron chi connectivity index (χ0n) is 16.4. The average molecular weight is 380 g/mol. The minimum absolute atomic E-state index is 0.574. The number of hydrogen-bond donors (Lipinski definition) is 1. The van der Waals surface area contributed by atoms with Crippen LogP contribution in [0.15, 0.2) is 77.1 Å². The van der Waals surface area contributed by atoms with Crippen LogP contribution < -0.4 is 5.73 Å². The van der Waals surface area contributed by atoms with E-state index in [-0.39, 0.29) is 0 Å². The first-order valence-corrected chi connectivity index (χ1v) is 10.3. The molecule has 0 radical (unpaired) electrons. The van der Waals surface area contributed by atoms with Gasteiger partial charge in [0.05, 0.1) is 10.6 Å². The predicted octanol–water partition coefficient (Wildman–Crippen LogP) is 5.49. The second kappa shape index (κ2) is 11.3. The van der Waals surface area contributed by atoms with Gasteiger partial charge in [-0.3, -0.25) is 0 Å². The van der Waals surface area contributed by atoms with E-state index in [2.05, 4.69) is 59.4 Å². The number of aliphatic imine (C=N–C) groups is 1. The third-order valence-corrected chi connectivity index (χ3v) is 4.90. The highest BCUT2D eigenvalue weighted by atomic mass is 32.1. The molecule has 3 nitrogen and oxygen atoms in total. The molecule has 0 unspecified atom stereocenters. The van der Waals surface area contributed by atoms with Crippen LogP contribution in [0, 0.1) is 0 Å². The van der Waals surface area contributed by atoms with Crippen LogP contribution in [0.25, 0.3) is 0 Å². The number of hydrogen-bond acceptors (Lipinski definition) is 3. The van der Waals surface area contributed by atoms with Gasteiger partial charge in [0.15, 0.2) is 0 Å². The smallest absolute Gasteiger partial charge is 0.141 e. The normalized spacial score (nSPS) is 11.2. The highest BCUT2D eigenvalue weighted by Gasteiger charge is 2.04. The number of nitrogens with zero attached hydrogens (tertiary/aromatic N) is 2. The second-order valence-corrected chi connectivity index (χ2v) is 7.07. The standard InChI is InChI=1S/C21H23N3S.C2H6/c1-24(13-12-17-7-3-2-4-8-17)16-18-9-5-10-19(15-18)23-21(22)20-11-6-14-25-20;1-2/h2-11,14-15H,12-13,16H2,1H3,(H2,22,23);1-2H3. The summed E-state index contributed by atoms with van der Waals surface area (Å²) in [7, 11) is 2.15. The summed E-state index contributed by atoms with van der Waals surface area (Å²) >= 11 is 1.61. The molecule has 0 saturated heterocycles. The lowest BCUT2D eigenvalue weighted by Crippen LogP contribution is -2.20. The first-order valence-electron chi connectivity index (χ1n) is 9.40. The van der Waals surface area contributed by atoms with Gasteiger partial charge < -0.3 is 10.6 Å². The summed E-state index contributed by atoms with van der Waals surface area (Å²) in [5, 5.41) is 2.01. The molecular formula is C23H29N3S. The van der Waals surface area contributed by atoms with Crippen molar-refractivity contribution in [3.05, 3.63) is 88.1 Å². The molecular weight excluding hydrogens is 350 g/mol. The van der Waals surface area contributed by atoms with Gasteiger partial charge in [-0.1, -0.05) is 62.4 Å². The van der Waals surface area contributed by atoms with Crippen molar-refractivity contribution < 1.29 is 0 Å². The Balaban J connectivity index is 0.00000126. The van der Waals surface area contributed by atoms with Crippen molar-refractivity contribution in [3.8, 4) is 0 Å². The monoisotopic (exact) mass is 379 g/mol. The van der Waals surface area contributed by atoms with E-state index < -0.39 is 0 Å². The van der Waals surface area contributed by atoms with Gasteiger partial charge >= 0.3 is 0 Å². The Bertz CT molecular complexity index is 811. The van der Waals surface area contributed by atoms with Crippen LogP contribution in [0.3, 0.4) is 0 Å². The molecule has 0 atom stereocenters. The van der Waals surface area contributed by atoms with Crippen molar-refractivity contribution in [2.24, 2.45) is 10.7 Å². The van der Waals surface area contributed by atoms with E-state index in [0.29, 0.717) is 5.84 Å². The van der Waals surface area contributed by atoms with E-state index >= 15 is 0 Å². The van der Waals surface area contributed by atoms with E-state index in [9.17, 15) is 0 Å². The summed E-state index contributed by atoms with van der Waals surface area (Å²) < 4.78 is 0. The summed E-state index contributed by atoms with van der Waals surface area (Å²) in [6.45, 7) is 5.92. The summed E-state index contributed by atoms with van der Waals surface area (Å²) in [4.78, 5) is 7.89. The van der Waals surface area contributed by atoms with E-state index in [1.807, 2.05) is 43.5 Å². The first-order chi connectivity index (χ1) is 13.2. The van der Waals surface area contributed by atoms with Gasteiger partial charge in [-0.05, 0) is 48.2 Å². The lowest BCUT2D eigenvalue weighted by Gasteiger charge is -2.17. The highest BCUT2D eigenvalue weighted by Crippen LogP contribution is 2.18. The Morgan fingerprint density at radius 1 is 0.963 bits per heavy atom. The number of rotatable bonds is 7. The molecule has 4 heteroatoms. The lowest BCUT2D eigenvalue weighted by molar-refractivity contribution is 0.331. The molecule has 0 bridgehead atoms. The van der Waals surface area contributed by atoms with Crippen LogP contribution in [0.5, 0.6) is 0 Å². The number of likely N-dealkylation sites (N-methyl/N-ethyl adjacent to an activating group) is 1. The zero-order valence-corrected chi connectivity index (χ0v) is 17.2. The molecule has 0 amide bonds. The van der Waals surface area contributed by atoms with Gasteiger partial charge in [-0.15, -0.1) is 11.3 Å². The fourth-order valence-electron chi connectivity index (χ4n) is 2.70. The fourth-order valence-corrected chi connectivity index (χ4v) is 3.33. The van der Waals surface area contributed by atoms with E-state index in [4.69, 9.17) is 5.73 Å². The van der Waals surface area contributed by atoms with E-state index in [1.165, 1.54) is 11.1 Å². The predicted molar refractivity (Wildman–Crippen MR) is 119 cm³/mol. The molecule has 0 aliphatic heterocycles. The van der Waals surface area contributed by atoms with Crippen LogP contribution in [-0.2, 0) is 13.0 Å². The Labute approximate surface area is 167 Å². The second-order valence-electron chi connectivity index (χ2n) is 6.12. The number of thiophene rings is 1. The molecule has 27 heavy (non-hydrogen) atoms. The largest absolute Gasteiger partial charge is 0.383 e. The zero-order chi connectivity index (χ0) is 19.5. The lowest BCUT2D eigenvalue weighted by atomic mass is 10.1. The average Bonchev–Trinajstić information content (AvgIpc) is 3.24. The first kappa shape index (κ1) is 20.9. The Hall–Kier alpha value is -2.43. The third kappa shape index (κ3) is 7.00. The van der Waals surface area contributed by atoms with Gasteiger partial charge in [0.2, 0.25) is 0 Å². The maximum atomic E-state index is 6.08. The SMILES string of the molecule is CC.CN(CCc1ccccc1)Cc1cccc(N=C(N)c2cccs2)c1. The van der Waals surface area contributed by atoms with Crippen molar-refractivity contribution in [2.45, 2.75) is 26.8 Å². The topological polar surface area (TPSA) is 41.6 Å². The summed E-state index contributed by atoms with van der Waals surface area (Å²) in [6.07, 6.45) is 1.06. The Morgan fingerprint density at radius 3 is 2.41 bits per heavy atom. The van der Waals surface area contributed by atoms with Gasteiger partial charge in [0.1, 0.15) is 5.84 Å². The van der Waals surface area contributed by atoms with E-state index in [1.54, 1.807) is 11.3 Å². The van der Waals surface area contributed by atoms with Gasteiger partial charge in [-0.25, -0.2) is 4.99 Å². The minimum atomic E-state index is 0.574. The van der Waals surface area contributed by atoms with Crippen LogP contribution in [0.4, 0.5) is 5.69 Å². The van der Waals surface area contributed by atoms with E-state index in [0.717, 1.165) is 30.1 Å². The number of amidine groups is 1. The molecule has 1 heterocycles. The summed E-state index contributed by atoms with van der Waals surface area (Å²) in [6, 6.07) is 22.9. The molecule has 0 aliphatic carbocycles. The minimum Gasteiger partial charge on any atom is -0.383 e. The van der Waals surface area contributed by atoms with Gasteiger partial charge in [-0.2, -0.15) is 0 Å². The van der Waals surface area contributed by atoms with Crippen molar-refractivity contribution >= 4 is 22.9 Å². The molecule has 2 aromatic carbocycles. The van der Waals surface area contributed by atoms with Crippen LogP contribution >= 0.6 is 11.3 Å². The highest BCUT2D eigenvalue weighted by molar-refractivity contribution is 7.12. The van der Waals surface area contributed by atoms with Gasteiger partial charge in [0, 0.05) is 13.1 Å². The molecule has 3 rings (SSSR count). The van der Waals surface area contributed by atoms with Crippen molar-refractivity contribution in [2.75, 3.05) is 13.6 Å². The van der Waals surface area contributed by atoms with Gasteiger partial charge in [0.25, 0.3) is 0 Å². The Kier molecular flexibility index (Phi) is 8.75. The van der Waals surface area contributed by atoms with Crippen molar-refractivity contribution in [3.63, 3.8) is 0 Å². The van der Waals surface area contributed by atoms with Crippen LogP contribution in [-0.4, -0.2) is 24.3 Å². The quantitative estimate of drug-likeness (QED) is 0.436. The number of benzene rings is 2. The molecule has 3 aromatic rings. The molecule has 0 saturated carbocycles. The summed E-state index contributed by atoms with van der Waals surface area (Å²) in [5.41, 5.74) is 9.61. The third-order valence-electron chi connectivity index (χ3n) is 4.01. The van der Waals surface area contributed by atoms with Crippen LogP contribution in [0.1, 0.15) is 29.9 Å². The van der Waals surface area contributed by atoms with Crippen molar-refractivity contribution in [1.82, 2.24) is 4.90 Å². The van der Waals surface area contributed by atoms with Crippen LogP contribution in [0.2, 0.25) is 0 Å².